The van der Waals surface area contributed by atoms with Crippen molar-refractivity contribution in [2.75, 3.05) is 6.54 Å². The van der Waals surface area contributed by atoms with Crippen LogP contribution in [0.25, 0.3) is 0 Å². The summed E-state index contributed by atoms with van der Waals surface area (Å²) in [5.41, 5.74) is -0.536. The molecule has 17 heteroatoms. The monoisotopic (exact) mass is 465 g/mol. The molecule has 0 saturated carbocycles. The number of carbonyl (C=O) groups excluding carboxylic acids is 2. The second-order valence-corrected chi connectivity index (χ2v) is 7.72. The maximum atomic E-state index is 12.6. The van der Waals surface area contributed by atoms with Gasteiger partial charge in [-0.1, -0.05) is 0 Å². The number of carbonyl (C=O) groups is 2. The van der Waals surface area contributed by atoms with Crippen LogP contribution in [0.4, 0.5) is 18.0 Å². The zero-order chi connectivity index (χ0) is 20.9. The van der Waals surface area contributed by atoms with Crippen molar-refractivity contribution in [3.63, 3.8) is 0 Å². The van der Waals surface area contributed by atoms with E-state index < -0.39 is 57.1 Å². The number of hydroxylamine groups is 2. The Labute approximate surface area is 187 Å². The molecule has 0 aromatic carbocycles. The maximum Gasteiger partial charge on any atom is 1.00 e. The molecule has 0 unspecified atom stereocenters. The molecule has 11 nitrogen and oxygen atoms in total. The van der Waals surface area contributed by atoms with Crippen LogP contribution in [-0.2, 0) is 20.9 Å². The SMILES string of the molecule is N=C(NC(=O)c1csc(C(F)(F)F)n1)[C@@H]1CC[C@@H]2CN1C(=O)N2OS(=O)(=O)[O-].[Na+]. The van der Waals surface area contributed by atoms with E-state index in [1.54, 1.807) is 0 Å². The molecule has 3 amide bonds. The Hall–Kier alpha value is -1.30. The van der Waals surface area contributed by atoms with Gasteiger partial charge in [-0.05, 0) is 12.8 Å². The summed E-state index contributed by atoms with van der Waals surface area (Å²) in [6.07, 6.45) is -4.39. The van der Waals surface area contributed by atoms with Gasteiger partial charge in [0.05, 0.1) is 12.1 Å². The van der Waals surface area contributed by atoms with E-state index in [2.05, 4.69) is 14.6 Å². The van der Waals surface area contributed by atoms with E-state index in [0.717, 1.165) is 10.3 Å². The number of rotatable bonds is 4. The van der Waals surface area contributed by atoms with Gasteiger partial charge in [0.15, 0.2) is 5.01 Å². The van der Waals surface area contributed by atoms with E-state index in [4.69, 9.17) is 5.41 Å². The van der Waals surface area contributed by atoms with Crippen LogP contribution in [0.3, 0.4) is 0 Å². The smallest absolute Gasteiger partial charge is 0.724 e. The molecular formula is C12H11F3N5NaO6S2. The normalized spacial score (nSPS) is 21.7. The summed E-state index contributed by atoms with van der Waals surface area (Å²) in [5.74, 6) is -1.54. The topological polar surface area (TPSA) is 156 Å². The second-order valence-electron chi connectivity index (χ2n) is 5.89. The molecule has 2 bridgehead atoms. The number of alkyl halides is 3. The minimum Gasteiger partial charge on any atom is -0.724 e. The van der Waals surface area contributed by atoms with Crippen molar-refractivity contribution in [3.05, 3.63) is 16.1 Å². The van der Waals surface area contributed by atoms with E-state index in [0.29, 0.717) is 5.06 Å². The van der Waals surface area contributed by atoms with Gasteiger partial charge in [-0.2, -0.15) is 22.5 Å². The number of aromatic nitrogens is 1. The van der Waals surface area contributed by atoms with Gasteiger partial charge in [-0.3, -0.25) is 10.2 Å². The summed E-state index contributed by atoms with van der Waals surface area (Å²) in [5, 5.41) is 10.1. The molecule has 1 aromatic heterocycles. The molecule has 154 valence electrons. The molecule has 2 aliphatic rings. The van der Waals surface area contributed by atoms with Crippen molar-refractivity contribution in [2.24, 2.45) is 0 Å². The third-order valence-electron chi connectivity index (χ3n) is 4.06. The van der Waals surface area contributed by atoms with E-state index in [1.807, 2.05) is 0 Å². The molecule has 3 rings (SSSR count). The number of urea groups is 1. The maximum absolute atomic E-state index is 12.6. The Balaban J connectivity index is 0.00000300. The fourth-order valence-electron chi connectivity index (χ4n) is 2.91. The van der Waals surface area contributed by atoms with Crippen LogP contribution in [0, 0.1) is 5.41 Å². The first-order valence-electron chi connectivity index (χ1n) is 7.54. The first-order chi connectivity index (χ1) is 12.9. The number of thiazole rings is 1. The zero-order valence-corrected chi connectivity index (χ0v) is 18.2. The van der Waals surface area contributed by atoms with Crippen LogP contribution >= 0.6 is 11.3 Å². The Kier molecular flexibility index (Phi) is 6.98. The van der Waals surface area contributed by atoms with E-state index in [1.165, 1.54) is 0 Å². The van der Waals surface area contributed by atoms with E-state index in [-0.39, 0.29) is 60.3 Å². The predicted octanol–water partition coefficient (Wildman–Crippen LogP) is -2.47. The number of amides is 3. The van der Waals surface area contributed by atoms with Gasteiger partial charge in [0.1, 0.15) is 11.5 Å². The fourth-order valence-corrected chi connectivity index (χ4v) is 3.96. The first-order valence-corrected chi connectivity index (χ1v) is 9.76. The molecule has 2 N–H and O–H groups in total. The Morgan fingerprint density at radius 2 is 2.07 bits per heavy atom. The molecule has 1 aromatic rings. The van der Waals surface area contributed by atoms with Crippen LogP contribution in [0.2, 0.25) is 0 Å². The van der Waals surface area contributed by atoms with Crippen molar-refractivity contribution < 1.29 is 69.6 Å². The molecule has 0 spiro atoms. The summed E-state index contributed by atoms with van der Waals surface area (Å²) in [6, 6.07) is -2.67. The third kappa shape index (κ3) is 5.25. The number of nitrogens with zero attached hydrogens (tertiary/aromatic N) is 3. The molecule has 2 atom stereocenters. The largest absolute Gasteiger partial charge is 1.00 e. The number of halogens is 3. The molecule has 3 heterocycles. The van der Waals surface area contributed by atoms with Crippen LogP contribution in [0.15, 0.2) is 5.38 Å². The zero-order valence-electron chi connectivity index (χ0n) is 14.6. The molecule has 2 saturated heterocycles. The Morgan fingerprint density at radius 1 is 1.41 bits per heavy atom. The van der Waals surface area contributed by atoms with Gasteiger partial charge in [-0.25, -0.2) is 18.2 Å². The van der Waals surface area contributed by atoms with Crippen molar-refractivity contribution in [1.82, 2.24) is 20.3 Å². The summed E-state index contributed by atoms with van der Waals surface area (Å²) in [4.78, 5) is 28.5. The number of nitrogens with one attached hydrogen (secondary N) is 2. The number of hydrogen-bond donors (Lipinski definition) is 2. The standard InChI is InChI=1S/C12H12F3N5O6S2.Na/c13-12(14,15)10-17-6(4-27-10)9(21)18-8(16)7-2-1-5-3-19(7)11(22)20(5)26-28(23,24)25;/h4-5,7H,1-3H2,(H2,16,18,21)(H,23,24,25);/q;+1/p-1/t5-,7+;/m1./s1. The average molecular weight is 465 g/mol. The molecule has 2 aliphatic heterocycles. The van der Waals surface area contributed by atoms with Crippen molar-refractivity contribution >= 4 is 39.5 Å². The quantitative estimate of drug-likeness (QED) is 0.164. The van der Waals surface area contributed by atoms with Crippen LogP contribution in [0.1, 0.15) is 28.3 Å². The van der Waals surface area contributed by atoms with E-state index in [9.17, 15) is 35.7 Å². The summed E-state index contributed by atoms with van der Waals surface area (Å²) >= 11 is 0.224. The average Bonchev–Trinajstić information content (AvgIpc) is 3.15. The molecular weight excluding hydrogens is 454 g/mol. The van der Waals surface area contributed by atoms with Crippen LogP contribution < -0.4 is 34.9 Å². The van der Waals surface area contributed by atoms with E-state index >= 15 is 0 Å². The number of hydrogen-bond acceptors (Lipinski definition) is 9. The number of piperidine rings is 1. The second kappa shape index (κ2) is 8.44. The van der Waals surface area contributed by atoms with Gasteiger partial charge in [0, 0.05) is 11.9 Å². The minimum absolute atomic E-state index is 0. The fraction of sp³-hybridized carbons (Fsp3) is 0.500. The van der Waals surface area contributed by atoms with Crippen molar-refractivity contribution in [3.8, 4) is 0 Å². The predicted molar refractivity (Wildman–Crippen MR) is 83.8 cm³/mol. The third-order valence-corrected chi connectivity index (χ3v) is 5.29. The van der Waals surface area contributed by atoms with Gasteiger partial charge >= 0.3 is 41.8 Å². The van der Waals surface area contributed by atoms with Crippen molar-refractivity contribution in [1.29, 1.82) is 5.41 Å². The van der Waals surface area contributed by atoms with Crippen LogP contribution in [-0.4, -0.2) is 64.3 Å². The number of amidine groups is 1. The van der Waals surface area contributed by atoms with Gasteiger partial charge in [-0.15, -0.1) is 11.3 Å². The summed E-state index contributed by atoms with van der Waals surface area (Å²) in [6.45, 7) is -0.0494. The van der Waals surface area contributed by atoms with Crippen molar-refractivity contribution in [2.45, 2.75) is 31.1 Å². The number of fused-ring (bicyclic) bond motifs is 2. The van der Waals surface area contributed by atoms with Gasteiger partial charge < -0.3 is 14.8 Å². The molecule has 29 heavy (non-hydrogen) atoms. The Bertz CT molecular complexity index is 939. The van der Waals surface area contributed by atoms with Gasteiger partial charge in [0.2, 0.25) is 10.4 Å². The van der Waals surface area contributed by atoms with Crippen LogP contribution in [0.5, 0.6) is 0 Å². The summed E-state index contributed by atoms with van der Waals surface area (Å²) < 4.78 is 74.0. The minimum atomic E-state index is -5.18. The molecule has 2 fully saturated rings. The summed E-state index contributed by atoms with van der Waals surface area (Å²) in [7, 11) is -5.18. The van der Waals surface area contributed by atoms with Gasteiger partial charge in [0.25, 0.3) is 5.91 Å². The first kappa shape index (κ1) is 24.0. The Morgan fingerprint density at radius 3 is 2.62 bits per heavy atom. The molecule has 0 aliphatic carbocycles. The molecule has 0 radical (unpaired) electrons.